The normalized spacial score (nSPS) is 20.3. The minimum absolute atomic E-state index is 0.309. The number of para-hydroxylation sites is 1. The molecule has 0 N–H and O–H groups in total. The van der Waals surface area contributed by atoms with Crippen LogP contribution in [-0.2, 0) is 11.2 Å². The van der Waals surface area contributed by atoms with Gasteiger partial charge in [-0.2, -0.15) is 0 Å². The highest BCUT2D eigenvalue weighted by Gasteiger charge is 2.41. The van der Waals surface area contributed by atoms with Crippen molar-refractivity contribution >= 4 is 28.3 Å². The smallest absolute Gasteiger partial charge is 0.303 e. The van der Waals surface area contributed by atoms with Crippen molar-refractivity contribution in [3.8, 4) is 0 Å². The molecule has 1 aromatic carbocycles. The Morgan fingerprint density at radius 3 is 2.76 bits per heavy atom. The highest BCUT2D eigenvalue weighted by atomic mass is 16.2. The third kappa shape index (κ3) is 1.21. The van der Waals surface area contributed by atoms with Gasteiger partial charge in [-0.05, 0) is 30.9 Å². The molecule has 0 saturated heterocycles. The fourth-order valence-corrected chi connectivity index (χ4v) is 4.10. The highest BCUT2D eigenvalue weighted by molar-refractivity contribution is 6.47. The molecule has 3 aliphatic rings. The molecule has 0 fully saturated rings. The number of allylic oxidation sites excluding steroid dienone is 1. The molecule has 4 heteroatoms. The number of hydrogen-bond donors (Lipinski definition) is 0. The van der Waals surface area contributed by atoms with Crippen LogP contribution in [-0.4, -0.2) is 34.2 Å². The Morgan fingerprint density at radius 2 is 1.86 bits per heavy atom. The van der Waals surface area contributed by atoms with Crippen LogP contribution in [0.25, 0.3) is 16.6 Å². The first-order valence-electron chi connectivity index (χ1n) is 7.47. The first-order valence-corrected chi connectivity index (χ1v) is 7.47. The summed E-state index contributed by atoms with van der Waals surface area (Å²) in [6, 6.07) is 7.93. The first-order chi connectivity index (χ1) is 10.3. The Kier molecular flexibility index (Phi) is 1.96. The third-order valence-corrected chi connectivity index (χ3v) is 4.96. The summed E-state index contributed by atoms with van der Waals surface area (Å²) in [5.74, 6) is -0.689. The Hall–Kier alpha value is -2.36. The topological polar surface area (TPSA) is 42.3 Å². The lowest BCUT2D eigenvalue weighted by molar-refractivity contribution is -0.112. The molecule has 0 radical (unpaired) electrons. The fraction of sp³-hybridized carbons (Fsp3) is 0.294. The molecule has 4 nitrogen and oxygen atoms in total. The van der Waals surface area contributed by atoms with Crippen molar-refractivity contribution in [2.45, 2.75) is 19.3 Å². The van der Waals surface area contributed by atoms with E-state index in [4.69, 9.17) is 0 Å². The second-order valence-electron chi connectivity index (χ2n) is 5.98. The summed E-state index contributed by atoms with van der Waals surface area (Å²) in [6.07, 6.45) is 2.64. The Morgan fingerprint density at radius 1 is 1.00 bits per heavy atom. The van der Waals surface area contributed by atoms with Gasteiger partial charge >= 0.3 is 5.91 Å². The number of benzene rings is 1. The molecule has 3 aliphatic heterocycles. The largest absolute Gasteiger partial charge is 0.369 e. The molecule has 0 aliphatic carbocycles. The summed E-state index contributed by atoms with van der Waals surface area (Å²) in [6.45, 7) is 1.93. The third-order valence-electron chi connectivity index (χ3n) is 4.96. The number of ketones is 1. The number of carbonyl (C=O) groups is 2. The van der Waals surface area contributed by atoms with Gasteiger partial charge in [0.25, 0.3) is 0 Å². The van der Waals surface area contributed by atoms with Gasteiger partial charge in [0.05, 0.1) is 16.9 Å². The average Bonchev–Trinajstić information content (AvgIpc) is 2.87. The van der Waals surface area contributed by atoms with E-state index in [9.17, 15) is 9.59 Å². The van der Waals surface area contributed by atoms with Crippen LogP contribution in [0.3, 0.4) is 0 Å². The molecule has 104 valence electrons. The number of carbonyl (C=O) groups excluding carboxylic acids is 2. The number of aromatic nitrogens is 1. The Balaban J connectivity index is 1.99. The van der Waals surface area contributed by atoms with Crippen molar-refractivity contribution in [3.63, 3.8) is 0 Å². The minimum atomic E-state index is -0.380. The van der Waals surface area contributed by atoms with Crippen LogP contribution in [0.5, 0.6) is 0 Å². The van der Waals surface area contributed by atoms with E-state index in [0.717, 1.165) is 60.2 Å². The predicted octanol–water partition coefficient (Wildman–Crippen LogP) is 2.23. The summed E-state index contributed by atoms with van der Waals surface area (Å²) in [4.78, 5) is 27.4. The van der Waals surface area contributed by atoms with E-state index in [1.165, 1.54) is 5.56 Å². The zero-order valence-corrected chi connectivity index (χ0v) is 11.6. The molecule has 0 unspecified atom stereocenters. The molecule has 1 aromatic heterocycles. The van der Waals surface area contributed by atoms with Crippen LogP contribution in [0.15, 0.2) is 29.8 Å². The maximum absolute atomic E-state index is 12.6. The molecule has 21 heavy (non-hydrogen) atoms. The average molecular weight is 278 g/mol. The summed E-state index contributed by atoms with van der Waals surface area (Å²) >= 11 is 0. The summed E-state index contributed by atoms with van der Waals surface area (Å²) in [5, 5.41) is 1.12. The summed E-state index contributed by atoms with van der Waals surface area (Å²) < 4.78 is 1.66. The van der Waals surface area contributed by atoms with Crippen molar-refractivity contribution < 1.29 is 9.59 Å². The minimum Gasteiger partial charge on any atom is -0.369 e. The number of nitrogens with zero attached hydrogens (tertiary/aromatic N) is 2. The quantitative estimate of drug-likeness (QED) is 0.694. The number of rotatable bonds is 0. The monoisotopic (exact) mass is 278 g/mol. The lowest BCUT2D eigenvalue weighted by atomic mass is 9.88. The van der Waals surface area contributed by atoms with E-state index in [1.807, 2.05) is 18.2 Å². The van der Waals surface area contributed by atoms with Crippen LogP contribution in [0.4, 0.5) is 0 Å². The van der Waals surface area contributed by atoms with Gasteiger partial charge in [-0.25, -0.2) is 0 Å². The van der Waals surface area contributed by atoms with Gasteiger partial charge in [0.1, 0.15) is 0 Å². The zero-order valence-electron chi connectivity index (χ0n) is 11.6. The molecule has 5 rings (SSSR count). The zero-order chi connectivity index (χ0) is 14.1. The lowest BCUT2D eigenvalue weighted by Gasteiger charge is -2.39. The maximum Gasteiger partial charge on any atom is 0.303 e. The second kappa shape index (κ2) is 3.64. The van der Waals surface area contributed by atoms with E-state index >= 15 is 0 Å². The standard InChI is InChI=1S/C17H14N2O2/c20-16-12-5-3-8-18-9-7-11-10-4-1-2-6-13(10)19(17(16)21)15(11)14(12)18/h1-2,4,6H,3,5,7-9H2. The molecule has 0 bridgehead atoms. The molecule has 0 saturated carbocycles. The first kappa shape index (κ1) is 11.3. The molecule has 4 heterocycles. The Labute approximate surface area is 121 Å². The summed E-state index contributed by atoms with van der Waals surface area (Å²) in [5.41, 5.74) is 4.87. The van der Waals surface area contributed by atoms with Gasteiger partial charge in [0.2, 0.25) is 5.78 Å². The van der Waals surface area contributed by atoms with E-state index in [0.29, 0.717) is 0 Å². The van der Waals surface area contributed by atoms with Crippen LogP contribution in [0.1, 0.15) is 28.9 Å². The molecular formula is C17H14N2O2. The molecule has 2 aromatic rings. The van der Waals surface area contributed by atoms with Crippen LogP contribution in [0.2, 0.25) is 0 Å². The number of fused-ring (bicyclic) bond motifs is 3. The molecular weight excluding hydrogens is 264 g/mol. The van der Waals surface area contributed by atoms with Crippen LogP contribution < -0.4 is 0 Å². The number of hydrogen-bond acceptors (Lipinski definition) is 3. The fourth-order valence-electron chi connectivity index (χ4n) is 4.10. The molecule has 0 spiro atoms. The van der Waals surface area contributed by atoms with Gasteiger partial charge in [0, 0.05) is 24.0 Å². The van der Waals surface area contributed by atoms with Crippen molar-refractivity contribution in [2.24, 2.45) is 0 Å². The molecule has 0 atom stereocenters. The van der Waals surface area contributed by atoms with Gasteiger partial charge in [-0.1, -0.05) is 18.2 Å². The van der Waals surface area contributed by atoms with Gasteiger partial charge in [-0.3, -0.25) is 14.2 Å². The van der Waals surface area contributed by atoms with Gasteiger partial charge in [-0.15, -0.1) is 0 Å². The van der Waals surface area contributed by atoms with E-state index in [1.54, 1.807) is 4.57 Å². The van der Waals surface area contributed by atoms with Gasteiger partial charge in [0.15, 0.2) is 0 Å². The Bertz CT molecular complexity index is 872. The second-order valence-corrected chi connectivity index (χ2v) is 5.98. The number of Topliss-reactive ketones (excluding diaryl/α,β-unsaturated/α-hetero) is 1. The lowest BCUT2D eigenvalue weighted by Crippen LogP contribution is -2.41. The summed E-state index contributed by atoms with van der Waals surface area (Å²) in [7, 11) is 0. The highest BCUT2D eigenvalue weighted by Crippen LogP contribution is 2.43. The van der Waals surface area contributed by atoms with Crippen molar-refractivity contribution in [3.05, 3.63) is 41.1 Å². The van der Waals surface area contributed by atoms with E-state index < -0.39 is 0 Å². The van der Waals surface area contributed by atoms with E-state index in [2.05, 4.69) is 11.0 Å². The predicted molar refractivity (Wildman–Crippen MR) is 79.0 cm³/mol. The van der Waals surface area contributed by atoms with Crippen molar-refractivity contribution in [2.75, 3.05) is 13.1 Å². The van der Waals surface area contributed by atoms with Crippen molar-refractivity contribution in [1.82, 2.24) is 9.47 Å². The van der Waals surface area contributed by atoms with Crippen molar-refractivity contribution in [1.29, 1.82) is 0 Å². The molecule has 0 amide bonds. The van der Waals surface area contributed by atoms with Gasteiger partial charge < -0.3 is 4.90 Å². The maximum atomic E-state index is 12.6. The van der Waals surface area contributed by atoms with Crippen LogP contribution >= 0.6 is 0 Å². The SMILES string of the molecule is O=C1C(=O)n2c3c(c4ccccc42)CCN2CCCC1=C32. The van der Waals surface area contributed by atoms with Crippen LogP contribution in [0, 0.1) is 0 Å². The van der Waals surface area contributed by atoms with E-state index in [-0.39, 0.29) is 11.7 Å².